The first-order valence-corrected chi connectivity index (χ1v) is 7.75. The van der Waals surface area contributed by atoms with Crippen molar-refractivity contribution in [3.05, 3.63) is 57.8 Å². The predicted octanol–water partition coefficient (Wildman–Crippen LogP) is 3.80. The highest BCUT2D eigenvalue weighted by Gasteiger charge is 2.17. The number of hydrogen-bond acceptors (Lipinski definition) is 3. The first-order valence-electron chi connectivity index (χ1n) is 5.51. The van der Waals surface area contributed by atoms with Gasteiger partial charge in [0.15, 0.2) is 0 Å². The van der Waals surface area contributed by atoms with E-state index in [1.165, 1.54) is 24.3 Å². The van der Waals surface area contributed by atoms with Gasteiger partial charge in [0.05, 0.1) is 26.2 Å². The zero-order chi connectivity index (χ0) is 15.6. The minimum Gasteiger partial charge on any atom is -0.278 e. The van der Waals surface area contributed by atoms with E-state index < -0.39 is 15.8 Å². The molecular formula is C13H7Cl2FN2O2S. The maximum atomic E-state index is 13.0. The Bertz CT molecular complexity index is 848. The molecule has 0 spiro atoms. The van der Waals surface area contributed by atoms with Crippen LogP contribution in [0.2, 0.25) is 10.0 Å². The van der Waals surface area contributed by atoms with E-state index in [1.807, 2.05) is 0 Å². The van der Waals surface area contributed by atoms with E-state index in [-0.39, 0.29) is 26.2 Å². The average Bonchev–Trinajstić information content (AvgIpc) is 2.43. The third-order valence-electron chi connectivity index (χ3n) is 2.55. The Morgan fingerprint density at radius 3 is 2.43 bits per heavy atom. The number of rotatable bonds is 3. The summed E-state index contributed by atoms with van der Waals surface area (Å²) in [4.78, 5) is -0.120. The van der Waals surface area contributed by atoms with Crippen LogP contribution in [0.3, 0.4) is 0 Å². The Morgan fingerprint density at radius 1 is 1.10 bits per heavy atom. The minimum absolute atomic E-state index is 0.0232. The molecule has 0 aliphatic carbocycles. The van der Waals surface area contributed by atoms with Crippen molar-refractivity contribution in [2.45, 2.75) is 4.90 Å². The maximum absolute atomic E-state index is 13.0. The molecular weight excluding hydrogens is 338 g/mol. The summed E-state index contributed by atoms with van der Waals surface area (Å²) >= 11 is 11.5. The zero-order valence-electron chi connectivity index (χ0n) is 10.3. The van der Waals surface area contributed by atoms with Crippen LogP contribution in [0.25, 0.3) is 0 Å². The molecule has 108 valence electrons. The van der Waals surface area contributed by atoms with Gasteiger partial charge < -0.3 is 0 Å². The summed E-state index contributed by atoms with van der Waals surface area (Å²) in [6, 6.07) is 8.67. The van der Waals surface area contributed by atoms with E-state index >= 15 is 0 Å². The van der Waals surface area contributed by atoms with Crippen LogP contribution >= 0.6 is 23.2 Å². The number of halogens is 3. The van der Waals surface area contributed by atoms with Crippen molar-refractivity contribution in [1.82, 2.24) is 0 Å². The SMILES string of the molecule is N#Cc1cc(F)ccc1NS(=O)(=O)c1ccc(Cl)c(Cl)c1. The molecule has 8 heteroatoms. The lowest BCUT2D eigenvalue weighted by Gasteiger charge is -2.10. The lowest BCUT2D eigenvalue weighted by molar-refractivity contribution is 0.601. The van der Waals surface area contributed by atoms with E-state index in [2.05, 4.69) is 4.72 Å². The van der Waals surface area contributed by atoms with Gasteiger partial charge in [0.2, 0.25) is 0 Å². The largest absolute Gasteiger partial charge is 0.278 e. The molecule has 0 fully saturated rings. The third kappa shape index (κ3) is 3.45. The smallest absolute Gasteiger partial charge is 0.261 e. The molecule has 0 saturated heterocycles. The van der Waals surface area contributed by atoms with Gasteiger partial charge in [-0.15, -0.1) is 0 Å². The Morgan fingerprint density at radius 2 is 1.81 bits per heavy atom. The lowest BCUT2D eigenvalue weighted by atomic mass is 10.2. The quantitative estimate of drug-likeness (QED) is 0.920. The maximum Gasteiger partial charge on any atom is 0.261 e. The summed E-state index contributed by atoms with van der Waals surface area (Å²) in [7, 11) is -3.96. The first-order chi connectivity index (χ1) is 9.83. The highest BCUT2D eigenvalue weighted by atomic mass is 35.5. The Balaban J connectivity index is 2.42. The lowest BCUT2D eigenvalue weighted by Crippen LogP contribution is -2.14. The molecule has 0 atom stereocenters. The number of nitrogens with one attached hydrogen (secondary N) is 1. The minimum atomic E-state index is -3.96. The van der Waals surface area contributed by atoms with Crippen molar-refractivity contribution in [1.29, 1.82) is 5.26 Å². The van der Waals surface area contributed by atoms with Crippen LogP contribution in [-0.4, -0.2) is 8.42 Å². The summed E-state index contributed by atoms with van der Waals surface area (Å²) in [6.07, 6.45) is 0. The van der Waals surface area contributed by atoms with Crippen molar-refractivity contribution in [3.8, 4) is 6.07 Å². The third-order valence-corrected chi connectivity index (χ3v) is 4.65. The number of hydrogen-bond donors (Lipinski definition) is 1. The molecule has 0 amide bonds. The van der Waals surface area contributed by atoms with E-state index in [1.54, 1.807) is 6.07 Å². The molecule has 0 aliphatic heterocycles. The number of sulfonamides is 1. The van der Waals surface area contributed by atoms with Crippen molar-refractivity contribution in [3.63, 3.8) is 0 Å². The molecule has 21 heavy (non-hydrogen) atoms. The van der Waals surface area contributed by atoms with Gasteiger partial charge in [-0.3, -0.25) is 4.72 Å². The fourth-order valence-electron chi connectivity index (χ4n) is 1.55. The van der Waals surface area contributed by atoms with Gasteiger partial charge in [-0.05, 0) is 36.4 Å². The van der Waals surface area contributed by atoms with Gasteiger partial charge in [0.1, 0.15) is 11.9 Å². The molecule has 0 saturated carbocycles. The Hall–Kier alpha value is -1.81. The van der Waals surface area contributed by atoms with Crippen molar-refractivity contribution >= 4 is 38.9 Å². The monoisotopic (exact) mass is 344 g/mol. The van der Waals surface area contributed by atoms with E-state index in [0.29, 0.717) is 0 Å². The average molecular weight is 345 g/mol. The molecule has 1 N–H and O–H groups in total. The molecule has 2 rings (SSSR count). The Labute approximate surface area is 130 Å². The van der Waals surface area contributed by atoms with Crippen LogP contribution in [0.1, 0.15) is 5.56 Å². The molecule has 0 bridgehead atoms. The summed E-state index contributed by atoms with van der Waals surface area (Å²) < 4.78 is 39.6. The fraction of sp³-hybridized carbons (Fsp3) is 0. The first kappa shape index (κ1) is 15.6. The molecule has 0 unspecified atom stereocenters. The molecule has 0 radical (unpaired) electrons. The van der Waals surface area contributed by atoms with Gasteiger partial charge in [0, 0.05) is 0 Å². The number of nitrogens with zero attached hydrogens (tertiary/aromatic N) is 1. The summed E-state index contributed by atoms with van der Waals surface area (Å²) in [6.45, 7) is 0. The Kier molecular flexibility index (Phi) is 4.37. The van der Waals surface area contributed by atoms with E-state index in [4.69, 9.17) is 28.5 Å². The van der Waals surface area contributed by atoms with Crippen LogP contribution in [-0.2, 0) is 10.0 Å². The van der Waals surface area contributed by atoms with E-state index in [0.717, 1.165) is 12.1 Å². The van der Waals surface area contributed by atoms with Gasteiger partial charge in [0.25, 0.3) is 10.0 Å². The fourth-order valence-corrected chi connectivity index (χ4v) is 3.01. The van der Waals surface area contributed by atoms with Crippen LogP contribution in [0.15, 0.2) is 41.3 Å². The van der Waals surface area contributed by atoms with Gasteiger partial charge >= 0.3 is 0 Å². The van der Waals surface area contributed by atoms with Crippen LogP contribution < -0.4 is 4.72 Å². The second-order valence-electron chi connectivity index (χ2n) is 3.98. The van der Waals surface area contributed by atoms with Crippen LogP contribution in [0, 0.1) is 17.1 Å². The molecule has 0 aliphatic rings. The topological polar surface area (TPSA) is 70.0 Å². The highest BCUT2D eigenvalue weighted by molar-refractivity contribution is 7.92. The number of nitriles is 1. The normalized spacial score (nSPS) is 11.0. The summed E-state index contributed by atoms with van der Waals surface area (Å²) in [5.41, 5.74) is -0.149. The number of benzene rings is 2. The second-order valence-corrected chi connectivity index (χ2v) is 6.48. The highest BCUT2D eigenvalue weighted by Crippen LogP contribution is 2.26. The standard InChI is InChI=1S/C13H7Cl2FN2O2S/c14-11-3-2-10(6-12(11)15)21(19,20)18-13-4-1-9(16)5-8(13)7-17/h1-6,18H. The van der Waals surface area contributed by atoms with Gasteiger partial charge in [-0.2, -0.15) is 5.26 Å². The molecule has 2 aromatic carbocycles. The van der Waals surface area contributed by atoms with E-state index in [9.17, 15) is 12.8 Å². The molecule has 4 nitrogen and oxygen atoms in total. The predicted molar refractivity (Wildman–Crippen MR) is 78.4 cm³/mol. The molecule has 0 heterocycles. The van der Waals surface area contributed by atoms with Crippen LogP contribution in [0.4, 0.5) is 10.1 Å². The zero-order valence-corrected chi connectivity index (χ0v) is 12.6. The summed E-state index contributed by atoms with van der Waals surface area (Å²) in [5.74, 6) is -0.635. The van der Waals surface area contributed by atoms with Crippen molar-refractivity contribution in [2.24, 2.45) is 0 Å². The molecule has 0 aromatic heterocycles. The van der Waals surface area contributed by atoms with Crippen molar-refractivity contribution in [2.75, 3.05) is 4.72 Å². The second kappa shape index (κ2) is 5.90. The van der Waals surface area contributed by atoms with Gasteiger partial charge in [-0.25, -0.2) is 12.8 Å². The number of anilines is 1. The van der Waals surface area contributed by atoms with Crippen LogP contribution in [0.5, 0.6) is 0 Å². The van der Waals surface area contributed by atoms with Gasteiger partial charge in [-0.1, -0.05) is 23.2 Å². The van der Waals surface area contributed by atoms with Crippen molar-refractivity contribution < 1.29 is 12.8 Å². The molecule has 2 aromatic rings. The summed E-state index contributed by atoms with van der Waals surface area (Å²) in [5, 5.41) is 9.20.